The van der Waals surface area contributed by atoms with Gasteiger partial charge < -0.3 is 9.64 Å². The van der Waals surface area contributed by atoms with Crippen LogP contribution >= 0.6 is 0 Å². The SMILES string of the molecule is COc1ccc(C(=O)[C@@H]2[C@@H]3C(=O)N(c4cccc5ccccc45)C(=O)[C@H]3[C@@H]3C=Cc4ccccc4N23)cc1. The maximum Gasteiger partial charge on any atom is 0.240 e. The Bertz CT molecular complexity index is 1650. The molecule has 2 amide bonds. The van der Waals surface area contributed by atoms with Crippen molar-refractivity contribution in [3.8, 4) is 5.75 Å². The third-order valence-corrected chi connectivity index (χ3v) is 8.07. The van der Waals surface area contributed by atoms with Crippen LogP contribution in [-0.2, 0) is 9.59 Å². The fraction of sp³-hybridized carbons (Fsp3) is 0.156. The van der Waals surface area contributed by atoms with Gasteiger partial charge in [0.15, 0.2) is 5.78 Å². The minimum Gasteiger partial charge on any atom is -0.497 e. The number of hydrogen-bond acceptors (Lipinski definition) is 5. The van der Waals surface area contributed by atoms with Gasteiger partial charge in [0.05, 0.1) is 30.7 Å². The Kier molecular flexibility index (Phi) is 4.98. The molecule has 3 aliphatic heterocycles. The Morgan fingerprint density at radius 3 is 2.26 bits per heavy atom. The van der Waals surface area contributed by atoms with Gasteiger partial charge in [-0.2, -0.15) is 0 Å². The van der Waals surface area contributed by atoms with Crippen LogP contribution in [0.1, 0.15) is 15.9 Å². The number of ketones is 1. The van der Waals surface area contributed by atoms with Crippen molar-refractivity contribution >= 4 is 45.8 Å². The molecule has 0 bridgehead atoms. The lowest BCUT2D eigenvalue weighted by Crippen LogP contribution is -2.48. The van der Waals surface area contributed by atoms with E-state index in [9.17, 15) is 14.4 Å². The molecular weight excluding hydrogens is 476 g/mol. The highest BCUT2D eigenvalue weighted by Crippen LogP contribution is 2.50. The van der Waals surface area contributed by atoms with Crippen molar-refractivity contribution < 1.29 is 19.1 Å². The smallest absolute Gasteiger partial charge is 0.240 e. The predicted molar refractivity (Wildman–Crippen MR) is 146 cm³/mol. The molecule has 4 aromatic carbocycles. The highest BCUT2D eigenvalue weighted by molar-refractivity contribution is 6.27. The van der Waals surface area contributed by atoms with Crippen LogP contribution in [0.4, 0.5) is 11.4 Å². The van der Waals surface area contributed by atoms with E-state index < -0.39 is 23.9 Å². The van der Waals surface area contributed by atoms with Crippen molar-refractivity contribution in [1.29, 1.82) is 0 Å². The van der Waals surface area contributed by atoms with Crippen molar-refractivity contribution in [1.82, 2.24) is 0 Å². The topological polar surface area (TPSA) is 66.9 Å². The van der Waals surface area contributed by atoms with Crippen molar-refractivity contribution in [2.75, 3.05) is 16.9 Å². The lowest BCUT2D eigenvalue weighted by atomic mass is 9.86. The zero-order valence-corrected chi connectivity index (χ0v) is 20.7. The lowest BCUT2D eigenvalue weighted by molar-refractivity contribution is -0.122. The third kappa shape index (κ3) is 3.10. The molecule has 2 saturated heterocycles. The van der Waals surface area contributed by atoms with E-state index in [4.69, 9.17) is 4.74 Å². The van der Waals surface area contributed by atoms with Crippen molar-refractivity contribution in [3.63, 3.8) is 0 Å². The monoisotopic (exact) mass is 500 g/mol. The predicted octanol–water partition coefficient (Wildman–Crippen LogP) is 5.12. The number of rotatable bonds is 4. The fourth-order valence-electron chi connectivity index (χ4n) is 6.38. The second kappa shape index (κ2) is 8.42. The maximum absolute atomic E-state index is 14.2. The molecule has 0 spiro atoms. The van der Waals surface area contributed by atoms with E-state index >= 15 is 0 Å². The highest BCUT2D eigenvalue weighted by atomic mass is 16.5. The van der Waals surface area contributed by atoms with Crippen LogP contribution in [0.25, 0.3) is 16.8 Å². The molecule has 6 heteroatoms. The Morgan fingerprint density at radius 2 is 1.45 bits per heavy atom. The van der Waals surface area contributed by atoms with Gasteiger partial charge in [0.2, 0.25) is 11.8 Å². The Balaban J connectivity index is 1.38. The van der Waals surface area contributed by atoms with Gasteiger partial charge in [0.25, 0.3) is 0 Å². The normalized spacial score (nSPS) is 23.4. The van der Waals surface area contributed by atoms with E-state index in [1.54, 1.807) is 31.4 Å². The molecule has 3 aliphatic rings. The quantitative estimate of drug-likeness (QED) is 0.287. The van der Waals surface area contributed by atoms with Crippen molar-refractivity contribution in [2.24, 2.45) is 11.8 Å². The molecule has 0 aromatic heterocycles. The molecule has 2 fully saturated rings. The molecule has 38 heavy (non-hydrogen) atoms. The zero-order valence-electron chi connectivity index (χ0n) is 20.7. The van der Waals surface area contributed by atoms with Crippen molar-refractivity contribution in [3.05, 3.63) is 108 Å². The number of nitrogens with zero attached hydrogens (tertiary/aromatic N) is 2. The van der Waals surface area contributed by atoms with Crippen molar-refractivity contribution in [2.45, 2.75) is 12.1 Å². The van der Waals surface area contributed by atoms with Crippen LogP contribution in [0.15, 0.2) is 97.1 Å². The number of ether oxygens (including phenoxy) is 1. The summed E-state index contributed by atoms with van der Waals surface area (Å²) in [7, 11) is 1.57. The molecule has 186 valence electrons. The molecule has 7 rings (SSSR count). The average Bonchev–Trinajstić information content (AvgIpc) is 3.44. The molecule has 0 radical (unpaired) electrons. The van der Waals surface area contributed by atoms with E-state index in [1.165, 1.54) is 4.90 Å². The van der Waals surface area contributed by atoms with Gasteiger partial charge in [-0.05, 0) is 47.3 Å². The first-order chi connectivity index (χ1) is 18.6. The zero-order chi connectivity index (χ0) is 26.0. The van der Waals surface area contributed by atoms with Crippen LogP contribution in [0.3, 0.4) is 0 Å². The molecule has 0 saturated carbocycles. The summed E-state index contributed by atoms with van der Waals surface area (Å²) in [4.78, 5) is 45.8. The van der Waals surface area contributed by atoms with E-state index in [0.29, 0.717) is 17.0 Å². The number of anilines is 2. The summed E-state index contributed by atoms with van der Waals surface area (Å²) in [6.07, 6.45) is 3.96. The summed E-state index contributed by atoms with van der Waals surface area (Å²) in [5, 5.41) is 1.78. The van der Waals surface area contributed by atoms with E-state index in [2.05, 4.69) is 0 Å². The van der Waals surface area contributed by atoms with Crippen LogP contribution < -0.4 is 14.5 Å². The summed E-state index contributed by atoms with van der Waals surface area (Å²) >= 11 is 0. The second-order valence-electron chi connectivity index (χ2n) is 9.92. The Morgan fingerprint density at radius 1 is 0.763 bits per heavy atom. The third-order valence-electron chi connectivity index (χ3n) is 8.07. The fourth-order valence-corrected chi connectivity index (χ4v) is 6.38. The summed E-state index contributed by atoms with van der Waals surface area (Å²) in [6.45, 7) is 0. The van der Waals surface area contributed by atoms with Crippen LogP contribution in [-0.4, -0.2) is 36.8 Å². The van der Waals surface area contributed by atoms with Gasteiger partial charge in [-0.3, -0.25) is 14.4 Å². The van der Waals surface area contributed by atoms with Gasteiger partial charge in [0.1, 0.15) is 11.8 Å². The minimum atomic E-state index is -0.819. The highest BCUT2D eigenvalue weighted by Gasteiger charge is 2.64. The van der Waals surface area contributed by atoms with E-state index in [1.807, 2.05) is 83.8 Å². The minimum absolute atomic E-state index is 0.184. The number of fused-ring (bicyclic) bond motifs is 6. The number of amides is 2. The number of benzene rings is 4. The Hall–Kier alpha value is -4.71. The number of carbonyl (C=O) groups excluding carboxylic acids is 3. The standard InChI is InChI=1S/C32H24N2O4/c1-38-22-16-13-21(14-17-22)30(35)29-28-27(26-18-15-20-8-3-5-11-24(20)33(26)29)31(36)34(32(28)37)25-12-6-9-19-7-2-4-10-23(19)25/h2-18,26-29H,1H3/t26-,27-,28+,29-/m0/s1. The first kappa shape index (κ1) is 22.5. The van der Waals surface area contributed by atoms with E-state index in [0.717, 1.165) is 22.0 Å². The Labute approximate surface area is 219 Å². The van der Waals surface area contributed by atoms with E-state index in [-0.39, 0.29) is 17.6 Å². The molecule has 4 atom stereocenters. The second-order valence-corrected chi connectivity index (χ2v) is 9.92. The summed E-state index contributed by atoms with van der Waals surface area (Å²) in [5.41, 5.74) is 2.86. The first-order valence-electron chi connectivity index (χ1n) is 12.7. The lowest BCUT2D eigenvalue weighted by Gasteiger charge is -2.36. The molecular formula is C32H24N2O4. The number of imide groups is 1. The molecule has 0 N–H and O–H groups in total. The van der Waals surface area contributed by atoms with Crippen LogP contribution in [0.5, 0.6) is 5.75 Å². The number of Topliss-reactive ketones (excluding diaryl/α,β-unsaturated/α-hetero) is 1. The summed E-state index contributed by atoms with van der Waals surface area (Å²) < 4.78 is 5.27. The maximum atomic E-state index is 14.2. The number of para-hydroxylation sites is 1. The van der Waals surface area contributed by atoms with Gasteiger partial charge in [0, 0.05) is 16.6 Å². The molecule has 0 aliphatic carbocycles. The summed E-state index contributed by atoms with van der Waals surface area (Å²) in [5.74, 6) is -1.61. The summed E-state index contributed by atoms with van der Waals surface area (Å²) in [6, 6.07) is 26.8. The average molecular weight is 501 g/mol. The van der Waals surface area contributed by atoms with Gasteiger partial charge in [-0.15, -0.1) is 0 Å². The number of methoxy groups -OCH3 is 1. The largest absolute Gasteiger partial charge is 0.497 e. The van der Waals surface area contributed by atoms with Crippen LogP contribution in [0, 0.1) is 11.8 Å². The molecule has 4 aromatic rings. The molecule has 3 heterocycles. The number of carbonyl (C=O) groups is 3. The molecule has 0 unspecified atom stereocenters. The molecule has 6 nitrogen and oxygen atoms in total. The number of hydrogen-bond donors (Lipinski definition) is 0. The van der Waals surface area contributed by atoms with Gasteiger partial charge >= 0.3 is 0 Å². The first-order valence-corrected chi connectivity index (χ1v) is 12.7. The van der Waals surface area contributed by atoms with Gasteiger partial charge in [-0.25, -0.2) is 4.90 Å². The van der Waals surface area contributed by atoms with Crippen LogP contribution in [0.2, 0.25) is 0 Å². The van der Waals surface area contributed by atoms with Gasteiger partial charge in [-0.1, -0.05) is 66.7 Å².